The van der Waals surface area contributed by atoms with Gasteiger partial charge in [-0.2, -0.15) is 0 Å². The molecule has 0 unspecified atom stereocenters. The molecule has 2 amide bonds. The Balaban J connectivity index is 1.96. The van der Waals surface area contributed by atoms with E-state index in [0.29, 0.717) is 5.69 Å². The second kappa shape index (κ2) is 9.14. The van der Waals surface area contributed by atoms with Crippen molar-refractivity contribution < 1.29 is 18.0 Å². The minimum atomic E-state index is -3.58. The minimum absolute atomic E-state index is 0.00295. The standard InChI is InChI=1S/C19H21BrN2O4S/c1-13(2)27(25,26)17-6-4-3-5-16(17)19(24)21-12-11-18(23)22-15-9-7-14(20)8-10-15/h3-10,13H,11-12H2,1-2H3,(H,21,24)(H,22,23). The summed E-state index contributed by atoms with van der Waals surface area (Å²) < 4.78 is 25.7. The molecule has 0 aliphatic rings. The van der Waals surface area contributed by atoms with Gasteiger partial charge in [0.05, 0.1) is 15.7 Å². The van der Waals surface area contributed by atoms with Gasteiger partial charge in [-0.1, -0.05) is 28.1 Å². The molecular formula is C19H21BrN2O4S. The molecule has 0 spiro atoms. The van der Waals surface area contributed by atoms with Crippen molar-refractivity contribution in [3.05, 3.63) is 58.6 Å². The average molecular weight is 453 g/mol. The SMILES string of the molecule is CC(C)S(=O)(=O)c1ccccc1C(=O)NCCC(=O)Nc1ccc(Br)cc1. The van der Waals surface area contributed by atoms with E-state index in [4.69, 9.17) is 0 Å². The number of halogens is 1. The Bertz CT molecular complexity index is 925. The van der Waals surface area contributed by atoms with E-state index in [1.807, 2.05) is 12.1 Å². The van der Waals surface area contributed by atoms with Crippen LogP contribution in [0.2, 0.25) is 0 Å². The third-order valence-corrected chi connectivity index (χ3v) is 6.56. The number of rotatable bonds is 7. The molecule has 144 valence electrons. The molecule has 0 fully saturated rings. The first-order valence-electron chi connectivity index (χ1n) is 8.38. The van der Waals surface area contributed by atoms with Crippen LogP contribution in [0.1, 0.15) is 30.6 Å². The van der Waals surface area contributed by atoms with Crippen molar-refractivity contribution in [2.75, 3.05) is 11.9 Å². The molecule has 0 saturated heterocycles. The highest BCUT2D eigenvalue weighted by atomic mass is 79.9. The molecule has 0 aromatic heterocycles. The number of hydrogen-bond acceptors (Lipinski definition) is 4. The number of sulfone groups is 1. The van der Waals surface area contributed by atoms with E-state index < -0.39 is 21.0 Å². The number of anilines is 1. The molecule has 8 heteroatoms. The average Bonchev–Trinajstić information content (AvgIpc) is 2.63. The molecule has 2 N–H and O–H groups in total. The summed E-state index contributed by atoms with van der Waals surface area (Å²) in [6.45, 7) is 3.23. The van der Waals surface area contributed by atoms with Gasteiger partial charge in [0.15, 0.2) is 9.84 Å². The zero-order chi connectivity index (χ0) is 20.0. The maximum absolute atomic E-state index is 12.4. The lowest BCUT2D eigenvalue weighted by molar-refractivity contribution is -0.116. The van der Waals surface area contributed by atoms with Crippen LogP contribution in [0.5, 0.6) is 0 Å². The van der Waals surface area contributed by atoms with Crippen LogP contribution in [-0.4, -0.2) is 32.0 Å². The Labute approximate surface area is 167 Å². The number of carbonyl (C=O) groups is 2. The molecule has 0 bridgehead atoms. The number of hydrogen-bond donors (Lipinski definition) is 2. The molecule has 0 atom stereocenters. The zero-order valence-electron chi connectivity index (χ0n) is 15.0. The Kier molecular flexibility index (Phi) is 7.15. The highest BCUT2D eigenvalue weighted by Crippen LogP contribution is 2.20. The molecule has 0 heterocycles. The topological polar surface area (TPSA) is 92.3 Å². The second-order valence-corrected chi connectivity index (χ2v) is 9.54. The Morgan fingerprint density at radius 2 is 1.67 bits per heavy atom. The molecular weight excluding hydrogens is 432 g/mol. The van der Waals surface area contributed by atoms with Gasteiger partial charge in [0.1, 0.15) is 0 Å². The summed E-state index contributed by atoms with van der Waals surface area (Å²) in [5.41, 5.74) is 0.738. The monoisotopic (exact) mass is 452 g/mol. The van der Waals surface area contributed by atoms with Crippen molar-refractivity contribution in [2.24, 2.45) is 0 Å². The first-order valence-corrected chi connectivity index (χ1v) is 10.7. The van der Waals surface area contributed by atoms with Gasteiger partial charge in [-0.25, -0.2) is 8.42 Å². The summed E-state index contributed by atoms with van der Waals surface area (Å²) in [4.78, 5) is 24.4. The van der Waals surface area contributed by atoms with Crippen molar-refractivity contribution in [2.45, 2.75) is 30.4 Å². The normalized spacial score (nSPS) is 11.3. The van der Waals surface area contributed by atoms with Gasteiger partial charge in [0.25, 0.3) is 5.91 Å². The summed E-state index contributed by atoms with van der Waals surface area (Å²) >= 11 is 3.32. The molecule has 0 aliphatic heterocycles. The van der Waals surface area contributed by atoms with Crippen molar-refractivity contribution in [1.82, 2.24) is 5.32 Å². The fraction of sp³-hybridized carbons (Fsp3) is 0.263. The lowest BCUT2D eigenvalue weighted by atomic mass is 10.2. The Morgan fingerprint density at radius 3 is 2.30 bits per heavy atom. The Morgan fingerprint density at radius 1 is 1.04 bits per heavy atom. The zero-order valence-corrected chi connectivity index (χ0v) is 17.4. The van der Waals surface area contributed by atoms with E-state index in [1.54, 1.807) is 38.1 Å². The predicted molar refractivity (Wildman–Crippen MR) is 108 cm³/mol. The summed E-state index contributed by atoms with van der Waals surface area (Å²) in [5.74, 6) is -0.771. The van der Waals surface area contributed by atoms with Gasteiger partial charge in [-0.15, -0.1) is 0 Å². The maximum atomic E-state index is 12.4. The van der Waals surface area contributed by atoms with Crippen LogP contribution in [-0.2, 0) is 14.6 Å². The van der Waals surface area contributed by atoms with Crippen LogP contribution in [0.15, 0.2) is 57.9 Å². The van der Waals surface area contributed by atoms with E-state index in [9.17, 15) is 18.0 Å². The van der Waals surface area contributed by atoms with E-state index >= 15 is 0 Å². The van der Waals surface area contributed by atoms with E-state index in [1.165, 1.54) is 12.1 Å². The van der Waals surface area contributed by atoms with Crippen molar-refractivity contribution >= 4 is 43.3 Å². The van der Waals surface area contributed by atoms with Gasteiger partial charge in [-0.05, 0) is 50.2 Å². The fourth-order valence-electron chi connectivity index (χ4n) is 2.30. The summed E-state index contributed by atoms with van der Waals surface area (Å²) in [7, 11) is -3.58. The second-order valence-electron chi connectivity index (χ2n) is 6.15. The summed E-state index contributed by atoms with van der Waals surface area (Å²) in [5, 5.41) is 4.69. The van der Waals surface area contributed by atoms with Crippen LogP contribution in [0.3, 0.4) is 0 Å². The number of benzene rings is 2. The van der Waals surface area contributed by atoms with Crippen LogP contribution >= 0.6 is 15.9 Å². The number of carbonyl (C=O) groups excluding carboxylic acids is 2. The van der Waals surface area contributed by atoms with E-state index in [-0.39, 0.29) is 29.3 Å². The van der Waals surface area contributed by atoms with Crippen LogP contribution in [0.4, 0.5) is 5.69 Å². The van der Waals surface area contributed by atoms with E-state index in [0.717, 1.165) is 4.47 Å². The molecule has 2 aromatic carbocycles. The third-order valence-electron chi connectivity index (χ3n) is 3.82. The van der Waals surface area contributed by atoms with Crippen molar-refractivity contribution in [1.29, 1.82) is 0 Å². The van der Waals surface area contributed by atoms with Gasteiger partial charge < -0.3 is 10.6 Å². The molecule has 0 aliphatic carbocycles. The quantitative estimate of drug-likeness (QED) is 0.673. The lowest BCUT2D eigenvalue weighted by Gasteiger charge is -2.13. The molecule has 27 heavy (non-hydrogen) atoms. The first kappa shape index (κ1) is 21.1. The fourth-order valence-corrected chi connectivity index (χ4v) is 3.81. The first-order chi connectivity index (χ1) is 12.7. The summed E-state index contributed by atoms with van der Waals surface area (Å²) in [6, 6.07) is 13.2. The highest BCUT2D eigenvalue weighted by Gasteiger charge is 2.25. The summed E-state index contributed by atoms with van der Waals surface area (Å²) in [6.07, 6.45) is 0.0703. The smallest absolute Gasteiger partial charge is 0.252 e. The van der Waals surface area contributed by atoms with Gasteiger partial charge in [0, 0.05) is 23.1 Å². The van der Waals surface area contributed by atoms with E-state index in [2.05, 4.69) is 26.6 Å². The lowest BCUT2D eigenvalue weighted by Crippen LogP contribution is -2.29. The molecule has 0 saturated carbocycles. The van der Waals surface area contributed by atoms with Gasteiger partial charge in [-0.3, -0.25) is 9.59 Å². The largest absolute Gasteiger partial charge is 0.351 e. The number of amides is 2. The molecule has 6 nitrogen and oxygen atoms in total. The van der Waals surface area contributed by atoms with Gasteiger partial charge >= 0.3 is 0 Å². The third kappa shape index (κ3) is 5.64. The molecule has 2 aromatic rings. The number of nitrogens with one attached hydrogen (secondary N) is 2. The molecule has 2 rings (SSSR count). The molecule has 0 radical (unpaired) electrons. The van der Waals surface area contributed by atoms with Gasteiger partial charge in [0.2, 0.25) is 5.91 Å². The highest BCUT2D eigenvalue weighted by molar-refractivity contribution is 9.10. The van der Waals surface area contributed by atoms with Crippen LogP contribution in [0, 0.1) is 0 Å². The van der Waals surface area contributed by atoms with Crippen molar-refractivity contribution in [3.63, 3.8) is 0 Å². The van der Waals surface area contributed by atoms with Crippen molar-refractivity contribution in [3.8, 4) is 0 Å². The minimum Gasteiger partial charge on any atom is -0.351 e. The predicted octanol–water partition coefficient (Wildman–Crippen LogP) is 3.39. The maximum Gasteiger partial charge on any atom is 0.252 e. The van der Waals surface area contributed by atoms with Crippen LogP contribution < -0.4 is 10.6 Å². The van der Waals surface area contributed by atoms with Crippen LogP contribution in [0.25, 0.3) is 0 Å². The Hall–Kier alpha value is -2.19.